The zero-order valence-corrected chi connectivity index (χ0v) is 14.1. The second-order valence-electron chi connectivity index (χ2n) is 6.61. The lowest BCUT2D eigenvalue weighted by Gasteiger charge is -2.19. The van der Waals surface area contributed by atoms with Gasteiger partial charge in [-0.1, -0.05) is 66.7 Å². The van der Waals surface area contributed by atoms with Crippen molar-refractivity contribution in [3.05, 3.63) is 95.7 Å². The second kappa shape index (κ2) is 6.17. The van der Waals surface area contributed by atoms with E-state index in [0.717, 1.165) is 12.1 Å². The van der Waals surface area contributed by atoms with Crippen LogP contribution in [0.4, 0.5) is 5.82 Å². The number of nitrogens with one attached hydrogen (secondary N) is 1. The molecular formula is C22H20N2O. The van der Waals surface area contributed by atoms with Crippen LogP contribution in [0.1, 0.15) is 23.2 Å². The van der Waals surface area contributed by atoms with Gasteiger partial charge in [-0.3, -0.25) is 4.79 Å². The maximum Gasteiger partial charge on any atom is 0.229 e. The molecule has 1 aliphatic rings. The molecule has 1 N–H and O–H groups in total. The van der Waals surface area contributed by atoms with Gasteiger partial charge in [0, 0.05) is 11.1 Å². The first-order valence-electron chi connectivity index (χ1n) is 8.56. The predicted octanol–water partition coefficient (Wildman–Crippen LogP) is 4.33. The summed E-state index contributed by atoms with van der Waals surface area (Å²) in [6, 6.07) is 26.3. The molecule has 4 rings (SSSR count). The molecule has 1 amide bonds. The minimum atomic E-state index is -0.240. The van der Waals surface area contributed by atoms with Gasteiger partial charge in [-0.2, -0.15) is 0 Å². The van der Waals surface area contributed by atoms with Gasteiger partial charge in [0.25, 0.3) is 0 Å². The Balaban J connectivity index is 1.65. The van der Waals surface area contributed by atoms with Crippen molar-refractivity contribution in [2.24, 2.45) is 5.92 Å². The van der Waals surface area contributed by atoms with Crippen LogP contribution in [0.5, 0.6) is 0 Å². The highest BCUT2D eigenvalue weighted by Crippen LogP contribution is 2.59. The summed E-state index contributed by atoms with van der Waals surface area (Å²) in [6.45, 7) is 1.92. The van der Waals surface area contributed by atoms with Crippen molar-refractivity contribution in [2.75, 3.05) is 5.32 Å². The van der Waals surface area contributed by atoms with Crippen molar-refractivity contribution in [2.45, 2.75) is 18.8 Å². The van der Waals surface area contributed by atoms with E-state index in [4.69, 9.17) is 0 Å². The Kier molecular flexibility index (Phi) is 3.85. The molecule has 0 saturated heterocycles. The first-order chi connectivity index (χ1) is 12.2. The first kappa shape index (κ1) is 15.6. The van der Waals surface area contributed by atoms with Gasteiger partial charge in [0.2, 0.25) is 5.91 Å². The van der Waals surface area contributed by atoms with Crippen LogP contribution in [0.3, 0.4) is 0 Å². The maximum absolute atomic E-state index is 12.9. The number of hydrogen-bond donors (Lipinski definition) is 1. The van der Waals surface area contributed by atoms with Gasteiger partial charge in [-0.05, 0) is 36.6 Å². The lowest BCUT2D eigenvalue weighted by Crippen LogP contribution is -2.22. The molecule has 2 aromatic carbocycles. The standard InChI is InChI=1S/C22H20N2O/c1-16-9-8-14-20(23-16)24-21(25)19-15-22(19,17-10-4-2-5-11-17)18-12-6-3-7-13-18/h2-14,19H,15H2,1H3,(H,23,24,25)/t19-/m1/s1. The predicted molar refractivity (Wildman–Crippen MR) is 99.4 cm³/mol. The number of aryl methyl sites for hydroxylation is 1. The fraction of sp³-hybridized carbons (Fsp3) is 0.182. The molecule has 1 aromatic heterocycles. The van der Waals surface area contributed by atoms with Gasteiger partial charge in [-0.15, -0.1) is 0 Å². The minimum absolute atomic E-state index is 0.0332. The Labute approximate surface area is 147 Å². The van der Waals surface area contributed by atoms with Crippen LogP contribution in [0.15, 0.2) is 78.9 Å². The van der Waals surface area contributed by atoms with Crippen LogP contribution in [-0.4, -0.2) is 10.9 Å². The molecule has 1 heterocycles. The summed E-state index contributed by atoms with van der Waals surface area (Å²) < 4.78 is 0. The van der Waals surface area contributed by atoms with Crippen LogP contribution in [0, 0.1) is 12.8 Å². The SMILES string of the molecule is Cc1cccc(NC(=O)[C@H]2CC2(c2ccccc2)c2ccccc2)n1. The highest BCUT2D eigenvalue weighted by Gasteiger charge is 2.60. The first-order valence-corrected chi connectivity index (χ1v) is 8.56. The highest BCUT2D eigenvalue weighted by atomic mass is 16.2. The molecule has 0 aliphatic heterocycles. The topological polar surface area (TPSA) is 42.0 Å². The number of benzene rings is 2. The van der Waals surface area contributed by atoms with E-state index < -0.39 is 0 Å². The molecule has 25 heavy (non-hydrogen) atoms. The van der Waals surface area contributed by atoms with Gasteiger partial charge in [0.05, 0.1) is 5.92 Å². The van der Waals surface area contributed by atoms with Gasteiger partial charge in [0.1, 0.15) is 5.82 Å². The van der Waals surface area contributed by atoms with Crippen LogP contribution in [0.2, 0.25) is 0 Å². The minimum Gasteiger partial charge on any atom is -0.310 e. The third kappa shape index (κ3) is 2.82. The van der Waals surface area contributed by atoms with E-state index in [1.54, 1.807) is 0 Å². The van der Waals surface area contributed by atoms with E-state index in [-0.39, 0.29) is 17.2 Å². The smallest absolute Gasteiger partial charge is 0.229 e. The molecule has 1 aliphatic carbocycles. The molecule has 0 unspecified atom stereocenters. The van der Waals surface area contributed by atoms with E-state index in [1.807, 2.05) is 61.5 Å². The number of amides is 1. The molecule has 0 radical (unpaired) electrons. The molecule has 3 aromatic rings. The molecule has 1 fully saturated rings. The normalized spacial score (nSPS) is 17.7. The molecule has 0 bridgehead atoms. The second-order valence-corrected chi connectivity index (χ2v) is 6.61. The number of anilines is 1. The number of rotatable bonds is 4. The fourth-order valence-corrected chi connectivity index (χ4v) is 3.68. The van der Waals surface area contributed by atoms with Crippen molar-refractivity contribution in [1.82, 2.24) is 4.98 Å². The van der Waals surface area contributed by atoms with Crippen molar-refractivity contribution in [1.29, 1.82) is 0 Å². The quantitative estimate of drug-likeness (QED) is 0.774. The summed E-state index contributed by atoms with van der Waals surface area (Å²) in [4.78, 5) is 17.3. The van der Waals surface area contributed by atoms with Crippen LogP contribution in [-0.2, 0) is 10.2 Å². The number of aromatic nitrogens is 1. The largest absolute Gasteiger partial charge is 0.310 e. The van der Waals surface area contributed by atoms with Crippen molar-refractivity contribution < 1.29 is 4.79 Å². The van der Waals surface area contributed by atoms with E-state index >= 15 is 0 Å². The molecule has 1 atom stereocenters. The van der Waals surface area contributed by atoms with Crippen molar-refractivity contribution in [3.8, 4) is 0 Å². The monoisotopic (exact) mass is 328 g/mol. The van der Waals surface area contributed by atoms with Gasteiger partial charge >= 0.3 is 0 Å². The number of carbonyl (C=O) groups is 1. The summed E-state index contributed by atoms with van der Waals surface area (Å²) in [5.41, 5.74) is 3.04. The summed E-state index contributed by atoms with van der Waals surface area (Å²) in [6.07, 6.45) is 0.818. The maximum atomic E-state index is 12.9. The summed E-state index contributed by atoms with van der Waals surface area (Å²) in [5.74, 6) is 0.567. The molecule has 124 valence electrons. The molecule has 3 nitrogen and oxygen atoms in total. The number of nitrogens with zero attached hydrogens (tertiary/aromatic N) is 1. The van der Waals surface area contributed by atoms with Crippen molar-refractivity contribution >= 4 is 11.7 Å². The lowest BCUT2D eigenvalue weighted by molar-refractivity contribution is -0.117. The average Bonchev–Trinajstić information content (AvgIpc) is 3.40. The van der Waals surface area contributed by atoms with Crippen LogP contribution >= 0.6 is 0 Å². The zero-order valence-electron chi connectivity index (χ0n) is 14.1. The third-order valence-electron chi connectivity index (χ3n) is 4.99. The van der Waals surface area contributed by atoms with E-state index in [0.29, 0.717) is 5.82 Å². The molecule has 1 saturated carbocycles. The Hall–Kier alpha value is -2.94. The van der Waals surface area contributed by atoms with Crippen LogP contribution < -0.4 is 5.32 Å². The van der Waals surface area contributed by atoms with Crippen LogP contribution in [0.25, 0.3) is 0 Å². The Morgan fingerprint density at radius 2 is 1.52 bits per heavy atom. The summed E-state index contributed by atoms with van der Waals surface area (Å²) >= 11 is 0. The summed E-state index contributed by atoms with van der Waals surface area (Å²) in [7, 11) is 0. The summed E-state index contributed by atoms with van der Waals surface area (Å²) in [5, 5.41) is 2.99. The number of pyridine rings is 1. The van der Waals surface area contributed by atoms with Crippen molar-refractivity contribution in [3.63, 3.8) is 0 Å². The molecular weight excluding hydrogens is 308 g/mol. The van der Waals surface area contributed by atoms with E-state index in [2.05, 4.69) is 34.6 Å². The third-order valence-corrected chi connectivity index (χ3v) is 4.99. The molecule has 0 spiro atoms. The number of carbonyl (C=O) groups excluding carboxylic acids is 1. The average molecular weight is 328 g/mol. The van der Waals surface area contributed by atoms with Gasteiger partial charge < -0.3 is 5.32 Å². The Bertz CT molecular complexity index is 851. The number of hydrogen-bond acceptors (Lipinski definition) is 2. The zero-order chi connectivity index (χ0) is 17.3. The van der Waals surface area contributed by atoms with Gasteiger partial charge in [0.15, 0.2) is 0 Å². The van der Waals surface area contributed by atoms with E-state index in [1.165, 1.54) is 11.1 Å². The molecule has 3 heteroatoms. The lowest BCUT2D eigenvalue weighted by atomic mass is 9.85. The Morgan fingerprint density at radius 3 is 2.08 bits per heavy atom. The Morgan fingerprint density at radius 1 is 0.920 bits per heavy atom. The fourth-order valence-electron chi connectivity index (χ4n) is 3.68. The van der Waals surface area contributed by atoms with E-state index in [9.17, 15) is 4.79 Å². The highest BCUT2D eigenvalue weighted by molar-refractivity contribution is 5.96. The van der Waals surface area contributed by atoms with Gasteiger partial charge in [-0.25, -0.2) is 4.98 Å².